The number of hydrogen-bond acceptors (Lipinski definition) is 4. The van der Waals surface area contributed by atoms with Gasteiger partial charge < -0.3 is 14.3 Å². The molecule has 2 heterocycles. The lowest BCUT2D eigenvalue weighted by molar-refractivity contribution is 0.439. The predicted octanol–water partition coefficient (Wildman–Crippen LogP) is 5.10. The summed E-state index contributed by atoms with van der Waals surface area (Å²) in [5.74, 6) is -1.58. The van der Waals surface area contributed by atoms with Crippen molar-refractivity contribution in [2.75, 3.05) is 5.75 Å². The molecule has 4 rings (SSSR count). The summed E-state index contributed by atoms with van der Waals surface area (Å²) in [5, 5.41) is -0.162. The average Bonchev–Trinajstić information content (AvgIpc) is 3.13. The summed E-state index contributed by atoms with van der Waals surface area (Å²) in [5.41, 5.74) is 1.75. The molecule has 0 bridgehead atoms. The van der Waals surface area contributed by atoms with Crippen LogP contribution in [0.25, 0.3) is 22.0 Å². The zero-order valence-electron chi connectivity index (χ0n) is 18.2. The predicted molar refractivity (Wildman–Crippen MR) is 123 cm³/mol. The van der Waals surface area contributed by atoms with Gasteiger partial charge in [0.1, 0.15) is 17.1 Å². The monoisotopic (exact) mass is 472 g/mol. The second kappa shape index (κ2) is 8.47. The van der Waals surface area contributed by atoms with Crippen LogP contribution in [0.5, 0.6) is 11.5 Å². The molecule has 0 aliphatic heterocycles. The van der Waals surface area contributed by atoms with Crippen LogP contribution in [0.3, 0.4) is 0 Å². The Hall–Kier alpha value is -3.46. The number of benzene rings is 2. The minimum Gasteiger partial charge on any atom is -0.454 e. The molecule has 1 atom stereocenters. The number of pyridine rings is 1. The molecule has 2 aromatic heterocycles. The average molecular weight is 473 g/mol. The van der Waals surface area contributed by atoms with Gasteiger partial charge in [0.25, 0.3) is 5.56 Å². The first-order valence-electron chi connectivity index (χ1n) is 10.3. The van der Waals surface area contributed by atoms with E-state index < -0.39 is 26.7 Å². The van der Waals surface area contributed by atoms with Crippen molar-refractivity contribution >= 4 is 20.7 Å². The second-order valence-electron chi connectivity index (χ2n) is 7.75. The van der Waals surface area contributed by atoms with Crippen LogP contribution in [-0.2, 0) is 16.9 Å². The Balaban J connectivity index is 1.95. The highest BCUT2D eigenvalue weighted by molar-refractivity contribution is 7.91. The molecule has 0 saturated carbocycles. The minimum atomic E-state index is -3.38. The van der Waals surface area contributed by atoms with Gasteiger partial charge in [0.05, 0.1) is 5.25 Å². The fourth-order valence-corrected chi connectivity index (χ4v) is 4.88. The summed E-state index contributed by atoms with van der Waals surface area (Å²) in [7, 11) is -1.66. The van der Waals surface area contributed by atoms with Gasteiger partial charge >= 0.3 is 0 Å². The number of aromatic amines is 1. The number of fused-ring (bicyclic) bond motifs is 1. The van der Waals surface area contributed by atoms with E-state index in [2.05, 4.69) is 4.98 Å². The Morgan fingerprint density at radius 3 is 2.48 bits per heavy atom. The van der Waals surface area contributed by atoms with E-state index in [9.17, 15) is 22.0 Å². The van der Waals surface area contributed by atoms with E-state index in [0.717, 1.165) is 12.1 Å². The summed E-state index contributed by atoms with van der Waals surface area (Å²) >= 11 is 0. The van der Waals surface area contributed by atoms with E-state index in [1.54, 1.807) is 55.9 Å². The maximum absolute atomic E-state index is 14.3. The van der Waals surface area contributed by atoms with Crippen LogP contribution in [-0.4, -0.2) is 23.7 Å². The third kappa shape index (κ3) is 4.16. The zero-order chi connectivity index (χ0) is 23.9. The van der Waals surface area contributed by atoms with Crippen LogP contribution in [0, 0.1) is 11.6 Å². The van der Waals surface area contributed by atoms with Crippen molar-refractivity contribution in [3.8, 4) is 22.6 Å². The SMILES string of the molecule is CCS(=O)(=O)[C@H](C)c1ccc(Oc2ccc(F)cc2F)c(-c2cn(C)c3c(=O)[nH]ccc23)c1. The topological polar surface area (TPSA) is 81.2 Å². The Morgan fingerprint density at radius 2 is 1.79 bits per heavy atom. The van der Waals surface area contributed by atoms with Gasteiger partial charge in [0.15, 0.2) is 21.4 Å². The minimum absolute atomic E-state index is 0.0216. The van der Waals surface area contributed by atoms with Crippen LogP contribution in [0.4, 0.5) is 8.78 Å². The highest BCUT2D eigenvalue weighted by Gasteiger charge is 2.24. The molecule has 0 spiro atoms. The fourth-order valence-electron chi connectivity index (χ4n) is 3.81. The van der Waals surface area contributed by atoms with Crippen molar-refractivity contribution in [1.82, 2.24) is 9.55 Å². The molecule has 33 heavy (non-hydrogen) atoms. The van der Waals surface area contributed by atoms with E-state index in [1.165, 1.54) is 12.3 Å². The Bertz CT molecular complexity index is 1520. The fraction of sp³-hybridized carbons (Fsp3) is 0.208. The second-order valence-corrected chi connectivity index (χ2v) is 10.4. The highest BCUT2D eigenvalue weighted by Crippen LogP contribution is 2.40. The first kappa shape index (κ1) is 22.7. The highest BCUT2D eigenvalue weighted by atomic mass is 32.2. The van der Waals surface area contributed by atoms with Gasteiger partial charge in [-0.1, -0.05) is 13.0 Å². The van der Waals surface area contributed by atoms with Gasteiger partial charge in [-0.15, -0.1) is 0 Å². The van der Waals surface area contributed by atoms with Crippen molar-refractivity contribution in [1.29, 1.82) is 0 Å². The molecular formula is C24H22F2N2O4S. The number of aryl methyl sites for hydroxylation is 1. The lowest BCUT2D eigenvalue weighted by atomic mass is 10.0. The molecule has 9 heteroatoms. The molecule has 0 aliphatic rings. The summed E-state index contributed by atoms with van der Waals surface area (Å²) in [4.78, 5) is 15.0. The number of sulfone groups is 1. The van der Waals surface area contributed by atoms with E-state index in [0.29, 0.717) is 27.6 Å². The smallest absolute Gasteiger partial charge is 0.272 e. The summed E-state index contributed by atoms with van der Waals surface area (Å²) in [6, 6.07) is 9.55. The third-order valence-electron chi connectivity index (χ3n) is 5.72. The zero-order valence-corrected chi connectivity index (χ0v) is 19.0. The number of H-pyrrole nitrogens is 1. The van der Waals surface area contributed by atoms with Gasteiger partial charge in [-0.2, -0.15) is 0 Å². The number of halogens is 2. The first-order valence-corrected chi connectivity index (χ1v) is 12.0. The van der Waals surface area contributed by atoms with Gasteiger partial charge in [-0.3, -0.25) is 4.79 Å². The maximum Gasteiger partial charge on any atom is 0.272 e. The quantitative estimate of drug-likeness (QED) is 0.423. The molecule has 0 unspecified atom stereocenters. The van der Waals surface area contributed by atoms with Crippen LogP contribution in [0.1, 0.15) is 24.7 Å². The number of ether oxygens (including phenoxy) is 1. The van der Waals surface area contributed by atoms with Crippen LogP contribution < -0.4 is 10.3 Å². The number of nitrogens with one attached hydrogen (secondary N) is 1. The molecule has 0 amide bonds. The molecule has 0 radical (unpaired) electrons. The van der Waals surface area contributed by atoms with Crippen molar-refractivity contribution in [2.45, 2.75) is 19.1 Å². The first-order chi connectivity index (χ1) is 15.6. The van der Waals surface area contributed by atoms with E-state index in [4.69, 9.17) is 4.74 Å². The Labute approximate surface area is 189 Å². The van der Waals surface area contributed by atoms with Crippen LogP contribution in [0.2, 0.25) is 0 Å². The molecule has 4 aromatic rings. The van der Waals surface area contributed by atoms with Crippen molar-refractivity contribution in [3.05, 3.63) is 82.4 Å². The number of aromatic nitrogens is 2. The summed E-state index contributed by atoms with van der Waals surface area (Å²) < 4.78 is 60.1. The molecule has 6 nitrogen and oxygen atoms in total. The standard InChI is InChI=1S/C24H22F2N2O4S/c1-4-33(30,31)14(2)15-5-7-21(32-22-8-6-16(25)12-20(22)26)18(11-15)19-13-28(3)23-17(19)9-10-27-24(23)29/h5-14H,4H2,1-3H3,(H,27,29)/t14-/m1/s1. The Kier molecular flexibility index (Phi) is 5.84. The van der Waals surface area contributed by atoms with Crippen molar-refractivity contribution in [2.24, 2.45) is 7.05 Å². The van der Waals surface area contributed by atoms with E-state index in [1.807, 2.05) is 0 Å². The lowest BCUT2D eigenvalue weighted by Crippen LogP contribution is -2.12. The maximum atomic E-state index is 14.3. The lowest BCUT2D eigenvalue weighted by Gasteiger charge is -2.17. The molecule has 0 fully saturated rings. The molecule has 1 N–H and O–H groups in total. The molecular weight excluding hydrogens is 450 g/mol. The number of nitrogens with zero attached hydrogens (tertiary/aromatic N) is 1. The van der Waals surface area contributed by atoms with Gasteiger partial charge in [0.2, 0.25) is 0 Å². The van der Waals surface area contributed by atoms with Crippen molar-refractivity contribution < 1.29 is 21.9 Å². The summed E-state index contributed by atoms with van der Waals surface area (Å²) in [6.07, 6.45) is 3.24. The molecule has 2 aromatic carbocycles. The third-order valence-corrected chi connectivity index (χ3v) is 7.87. The summed E-state index contributed by atoms with van der Waals surface area (Å²) in [6.45, 7) is 3.18. The van der Waals surface area contributed by atoms with Crippen molar-refractivity contribution in [3.63, 3.8) is 0 Å². The largest absolute Gasteiger partial charge is 0.454 e. The normalized spacial score (nSPS) is 12.8. The van der Waals surface area contributed by atoms with E-state index in [-0.39, 0.29) is 22.8 Å². The number of hydrogen-bond donors (Lipinski definition) is 1. The van der Waals surface area contributed by atoms with E-state index >= 15 is 0 Å². The molecule has 0 saturated heterocycles. The number of rotatable bonds is 6. The molecule has 0 aliphatic carbocycles. The van der Waals surface area contributed by atoms with Gasteiger partial charge in [-0.05, 0) is 42.8 Å². The van der Waals surface area contributed by atoms with Crippen LogP contribution >= 0.6 is 0 Å². The van der Waals surface area contributed by atoms with Gasteiger partial charge in [0, 0.05) is 47.8 Å². The van der Waals surface area contributed by atoms with Crippen LogP contribution in [0.15, 0.2) is 59.7 Å². The molecule has 172 valence electrons. The Morgan fingerprint density at radius 1 is 1.06 bits per heavy atom. The van der Waals surface area contributed by atoms with Gasteiger partial charge in [-0.25, -0.2) is 17.2 Å².